The van der Waals surface area contributed by atoms with E-state index >= 15 is 0 Å². The molecule has 0 aliphatic heterocycles. The van der Waals surface area contributed by atoms with Gasteiger partial charge in [0.25, 0.3) is 0 Å². The SMILES string of the molecule is C=CCN(CCOC)c1cccc(CNC(C)(C)C)n1. The molecule has 0 saturated carbocycles. The lowest BCUT2D eigenvalue weighted by Crippen LogP contribution is -2.35. The maximum absolute atomic E-state index is 5.15. The molecule has 0 bridgehead atoms. The third kappa shape index (κ3) is 6.17. The molecule has 0 fully saturated rings. The molecule has 4 nitrogen and oxygen atoms in total. The topological polar surface area (TPSA) is 37.4 Å². The summed E-state index contributed by atoms with van der Waals surface area (Å²) in [6.45, 7) is 13.3. The first kappa shape index (κ1) is 16.7. The van der Waals surface area contributed by atoms with Crippen LogP contribution in [0.5, 0.6) is 0 Å². The lowest BCUT2D eigenvalue weighted by Gasteiger charge is -2.23. The van der Waals surface area contributed by atoms with Gasteiger partial charge >= 0.3 is 0 Å². The first-order valence-electron chi connectivity index (χ1n) is 7.02. The monoisotopic (exact) mass is 277 g/mol. The van der Waals surface area contributed by atoms with Crippen molar-refractivity contribution in [1.82, 2.24) is 10.3 Å². The van der Waals surface area contributed by atoms with E-state index in [9.17, 15) is 0 Å². The number of anilines is 1. The van der Waals surface area contributed by atoms with Crippen molar-refractivity contribution < 1.29 is 4.74 Å². The summed E-state index contributed by atoms with van der Waals surface area (Å²) >= 11 is 0. The molecule has 0 aliphatic rings. The molecule has 112 valence electrons. The van der Waals surface area contributed by atoms with Gasteiger partial charge in [-0.1, -0.05) is 12.1 Å². The first-order chi connectivity index (χ1) is 9.46. The number of aromatic nitrogens is 1. The van der Waals surface area contributed by atoms with Gasteiger partial charge in [0, 0.05) is 32.3 Å². The van der Waals surface area contributed by atoms with Crippen molar-refractivity contribution in [2.45, 2.75) is 32.9 Å². The van der Waals surface area contributed by atoms with Crippen LogP contribution in [0.1, 0.15) is 26.5 Å². The van der Waals surface area contributed by atoms with E-state index in [2.05, 4.69) is 37.6 Å². The molecule has 0 radical (unpaired) electrons. The molecule has 0 saturated heterocycles. The van der Waals surface area contributed by atoms with Crippen molar-refractivity contribution in [2.24, 2.45) is 0 Å². The Labute approximate surface area is 122 Å². The standard InChI is InChI=1S/C16H27N3O/c1-6-10-19(11-12-20-5)15-9-7-8-14(18-15)13-17-16(2,3)4/h6-9,17H,1,10-13H2,2-5H3. The van der Waals surface area contributed by atoms with Gasteiger partial charge < -0.3 is 15.0 Å². The normalized spacial score (nSPS) is 11.4. The second-order valence-electron chi connectivity index (χ2n) is 5.82. The Bertz CT molecular complexity index is 412. The summed E-state index contributed by atoms with van der Waals surface area (Å²) < 4.78 is 5.15. The molecular weight excluding hydrogens is 250 g/mol. The lowest BCUT2D eigenvalue weighted by molar-refractivity contribution is 0.205. The second kappa shape index (κ2) is 8.02. The van der Waals surface area contributed by atoms with E-state index in [1.807, 2.05) is 24.3 Å². The molecule has 1 aromatic heterocycles. The minimum absolute atomic E-state index is 0.0918. The average molecular weight is 277 g/mol. The number of methoxy groups -OCH3 is 1. The maximum atomic E-state index is 5.15. The van der Waals surface area contributed by atoms with Crippen molar-refractivity contribution in [3.05, 3.63) is 36.5 Å². The fourth-order valence-corrected chi connectivity index (χ4v) is 1.75. The zero-order valence-corrected chi connectivity index (χ0v) is 13.1. The number of ether oxygens (including phenoxy) is 1. The molecule has 1 heterocycles. The van der Waals surface area contributed by atoms with Crippen molar-refractivity contribution >= 4 is 5.82 Å². The zero-order chi connectivity index (χ0) is 15.0. The predicted molar refractivity (Wildman–Crippen MR) is 85.1 cm³/mol. The fourth-order valence-electron chi connectivity index (χ4n) is 1.75. The van der Waals surface area contributed by atoms with Crippen molar-refractivity contribution in [1.29, 1.82) is 0 Å². The highest BCUT2D eigenvalue weighted by Crippen LogP contribution is 2.12. The smallest absolute Gasteiger partial charge is 0.129 e. The van der Waals surface area contributed by atoms with Crippen LogP contribution in [0.25, 0.3) is 0 Å². The number of pyridine rings is 1. The molecule has 0 aliphatic carbocycles. The maximum Gasteiger partial charge on any atom is 0.129 e. The number of nitrogens with zero attached hydrogens (tertiary/aromatic N) is 2. The predicted octanol–water partition coefficient (Wildman–Crippen LogP) is 2.61. The van der Waals surface area contributed by atoms with Crippen LogP contribution in [-0.4, -0.2) is 37.3 Å². The van der Waals surface area contributed by atoms with E-state index in [0.717, 1.165) is 31.1 Å². The highest BCUT2D eigenvalue weighted by Gasteiger charge is 2.10. The van der Waals surface area contributed by atoms with E-state index in [4.69, 9.17) is 9.72 Å². The van der Waals surface area contributed by atoms with Crippen LogP contribution in [0, 0.1) is 0 Å². The van der Waals surface area contributed by atoms with Gasteiger partial charge in [-0.15, -0.1) is 6.58 Å². The Hall–Kier alpha value is -1.39. The molecule has 4 heteroatoms. The van der Waals surface area contributed by atoms with Crippen LogP contribution in [0.15, 0.2) is 30.9 Å². The first-order valence-corrected chi connectivity index (χ1v) is 7.02. The Morgan fingerprint density at radius 2 is 2.15 bits per heavy atom. The van der Waals surface area contributed by atoms with Gasteiger partial charge in [-0.3, -0.25) is 0 Å². The van der Waals surface area contributed by atoms with Gasteiger partial charge in [0.2, 0.25) is 0 Å². The van der Waals surface area contributed by atoms with Crippen LogP contribution in [-0.2, 0) is 11.3 Å². The number of nitrogens with one attached hydrogen (secondary N) is 1. The van der Waals surface area contributed by atoms with Crippen molar-refractivity contribution in [2.75, 3.05) is 31.7 Å². The fraction of sp³-hybridized carbons (Fsp3) is 0.562. The summed E-state index contributed by atoms with van der Waals surface area (Å²) in [4.78, 5) is 6.87. The number of hydrogen-bond acceptors (Lipinski definition) is 4. The molecule has 0 aromatic carbocycles. The summed E-state index contributed by atoms with van der Waals surface area (Å²) in [6, 6.07) is 6.12. The second-order valence-corrected chi connectivity index (χ2v) is 5.82. The zero-order valence-electron chi connectivity index (χ0n) is 13.1. The van der Waals surface area contributed by atoms with Crippen LogP contribution < -0.4 is 10.2 Å². The van der Waals surface area contributed by atoms with E-state index in [1.54, 1.807) is 7.11 Å². The van der Waals surface area contributed by atoms with Gasteiger partial charge in [0.15, 0.2) is 0 Å². The Balaban J connectivity index is 2.75. The molecule has 0 atom stereocenters. The largest absolute Gasteiger partial charge is 0.383 e. The highest BCUT2D eigenvalue weighted by atomic mass is 16.5. The molecule has 1 rings (SSSR count). The van der Waals surface area contributed by atoms with Crippen LogP contribution >= 0.6 is 0 Å². The molecule has 0 spiro atoms. The van der Waals surface area contributed by atoms with E-state index in [1.165, 1.54) is 0 Å². The van der Waals surface area contributed by atoms with Gasteiger partial charge in [0.05, 0.1) is 12.3 Å². The minimum Gasteiger partial charge on any atom is -0.383 e. The summed E-state index contributed by atoms with van der Waals surface area (Å²) in [5, 5.41) is 3.45. The van der Waals surface area contributed by atoms with E-state index in [-0.39, 0.29) is 5.54 Å². The van der Waals surface area contributed by atoms with Gasteiger partial charge in [-0.05, 0) is 32.9 Å². The van der Waals surface area contributed by atoms with Crippen molar-refractivity contribution in [3.8, 4) is 0 Å². The van der Waals surface area contributed by atoms with E-state index in [0.29, 0.717) is 6.61 Å². The van der Waals surface area contributed by atoms with Gasteiger partial charge in [-0.25, -0.2) is 4.98 Å². The van der Waals surface area contributed by atoms with Crippen LogP contribution in [0.2, 0.25) is 0 Å². The molecular formula is C16H27N3O. The quantitative estimate of drug-likeness (QED) is 0.741. The number of hydrogen-bond donors (Lipinski definition) is 1. The van der Waals surface area contributed by atoms with Gasteiger partial charge in [-0.2, -0.15) is 0 Å². The Morgan fingerprint density at radius 1 is 1.40 bits per heavy atom. The molecule has 0 amide bonds. The van der Waals surface area contributed by atoms with Crippen LogP contribution in [0.4, 0.5) is 5.82 Å². The summed E-state index contributed by atoms with van der Waals surface area (Å²) in [7, 11) is 1.71. The summed E-state index contributed by atoms with van der Waals surface area (Å²) in [5.74, 6) is 0.968. The Morgan fingerprint density at radius 3 is 2.75 bits per heavy atom. The molecule has 1 aromatic rings. The number of rotatable bonds is 8. The molecule has 1 N–H and O–H groups in total. The van der Waals surface area contributed by atoms with Gasteiger partial charge in [0.1, 0.15) is 5.82 Å². The molecule has 0 unspecified atom stereocenters. The summed E-state index contributed by atoms with van der Waals surface area (Å²) in [5.41, 5.74) is 1.14. The molecule has 20 heavy (non-hydrogen) atoms. The highest BCUT2D eigenvalue weighted by molar-refractivity contribution is 5.40. The summed E-state index contributed by atoms with van der Waals surface area (Å²) in [6.07, 6.45) is 1.89. The lowest BCUT2D eigenvalue weighted by atomic mass is 10.1. The van der Waals surface area contributed by atoms with Crippen LogP contribution in [0.3, 0.4) is 0 Å². The Kier molecular flexibility index (Phi) is 6.68. The van der Waals surface area contributed by atoms with Crippen molar-refractivity contribution in [3.63, 3.8) is 0 Å². The average Bonchev–Trinajstić information content (AvgIpc) is 2.41. The minimum atomic E-state index is 0.0918. The third-order valence-corrected chi connectivity index (χ3v) is 2.83. The van der Waals surface area contributed by atoms with E-state index < -0.39 is 0 Å². The third-order valence-electron chi connectivity index (χ3n) is 2.83.